The zero-order valence-electron chi connectivity index (χ0n) is 17.2. The molecule has 0 spiro atoms. The maximum Gasteiger partial charge on any atom is 0.156 e. The molecule has 0 aromatic heterocycles. The van der Waals surface area contributed by atoms with Gasteiger partial charge in [-0.2, -0.15) is 0 Å². The Morgan fingerprint density at radius 3 is 2.00 bits per heavy atom. The van der Waals surface area contributed by atoms with Gasteiger partial charge in [-0.15, -0.1) is 0 Å². The number of nitrogens with one attached hydrogen (secondary N) is 1. The third-order valence-corrected chi connectivity index (χ3v) is 6.01. The van der Waals surface area contributed by atoms with Crippen molar-refractivity contribution in [3.05, 3.63) is 0 Å². The van der Waals surface area contributed by atoms with E-state index < -0.39 is 0 Å². The zero-order chi connectivity index (χ0) is 18.0. The number of aliphatic imine (C=N–C) groups is 1. The summed E-state index contributed by atoms with van der Waals surface area (Å²) in [6.07, 6.45) is 4.73. The molecule has 0 radical (unpaired) electrons. The lowest BCUT2D eigenvalue weighted by molar-refractivity contribution is 0.0372. The van der Waals surface area contributed by atoms with Crippen molar-refractivity contribution >= 4 is 16.9 Å². The minimum atomic E-state index is 0.299. The Labute approximate surface area is 149 Å². The van der Waals surface area contributed by atoms with E-state index in [0.717, 1.165) is 11.1 Å². The van der Waals surface area contributed by atoms with Gasteiger partial charge in [-0.05, 0) is 61.5 Å². The zero-order valence-corrected chi connectivity index (χ0v) is 18.0. The highest BCUT2D eigenvalue weighted by Crippen LogP contribution is 2.49. The van der Waals surface area contributed by atoms with Gasteiger partial charge in [0.1, 0.15) is 0 Å². The van der Waals surface area contributed by atoms with Crippen LogP contribution in [0.15, 0.2) is 4.99 Å². The van der Waals surface area contributed by atoms with E-state index in [2.05, 4.69) is 73.9 Å². The van der Waals surface area contributed by atoms with E-state index in [1.807, 2.05) is 0 Å². The number of rotatable bonds is 2. The molecular formula is C20H40N2S. The molecule has 136 valence electrons. The number of nitrogens with zero attached hydrogens (tertiary/aromatic N) is 1. The molecule has 0 aliphatic heterocycles. The average Bonchev–Trinajstić information content (AvgIpc) is 2.36. The smallest absolute Gasteiger partial charge is 0.156 e. The van der Waals surface area contributed by atoms with Crippen LogP contribution in [0.25, 0.3) is 0 Å². The van der Waals surface area contributed by atoms with Crippen LogP contribution in [0.3, 0.4) is 0 Å². The van der Waals surface area contributed by atoms with Crippen LogP contribution in [0.5, 0.6) is 0 Å². The van der Waals surface area contributed by atoms with E-state index in [1.165, 1.54) is 12.8 Å². The lowest BCUT2D eigenvalue weighted by Gasteiger charge is -2.48. The molecule has 0 aromatic carbocycles. The third kappa shape index (κ3) is 5.99. The van der Waals surface area contributed by atoms with Crippen LogP contribution in [0.1, 0.15) is 75.2 Å². The quantitative estimate of drug-likeness (QED) is 0.505. The Balaban J connectivity index is 3.11. The van der Waals surface area contributed by atoms with Crippen molar-refractivity contribution in [2.24, 2.45) is 33.6 Å². The Morgan fingerprint density at radius 1 is 1.04 bits per heavy atom. The summed E-state index contributed by atoms with van der Waals surface area (Å²) in [6, 6.07) is 0.873. The summed E-state index contributed by atoms with van der Waals surface area (Å²) >= 11 is 1.75. The lowest BCUT2D eigenvalue weighted by atomic mass is 9.58. The van der Waals surface area contributed by atoms with Crippen molar-refractivity contribution in [2.75, 3.05) is 6.26 Å². The molecule has 2 nitrogen and oxygen atoms in total. The van der Waals surface area contributed by atoms with Crippen molar-refractivity contribution in [1.82, 2.24) is 5.32 Å². The molecular weight excluding hydrogens is 300 g/mol. The van der Waals surface area contributed by atoms with Crippen molar-refractivity contribution < 1.29 is 0 Å². The second kappa shape index (κ2) is 7.80. The van der Waals surface area contributed by atoms with E-state index in [-0.39, 0.29) is 0 Å². The van der Waals surface area contributed by atoms with Crippen LogP contribution in [0, 0.1) is 28.6 Å². The molecule has 1 aliphatic rings. The number of hydrogen-bond donors (Lipinski definition) is 1. The van der Waals surface area contributed by atoms with Crippen molar-refractivity contribution in [3.63, 3.8) is 0 Å². The highest BCUT2D eigenvalue weighted by Gasteiger charge is 2.44. The van der Waals surface area contributed by atoms with Crippen LogP contribution >= 0.6 is 11.8 Å². The predicted octanol–water partition coefficient (Wildman–Crippen LogP) is 5.83. The standard InChI is InChI=1S/C20H40N2S/c1-13(2)21-18(23-10)22-17-14(3)11-15(19(4,5)6)12-16(17)20(7,8)9/h13-17H,11-12H2,1-10H3,(H,21,22). The van der Waals surface area contributed by atoms with E-state index in [1.54, 1.807) is 11.8 Å². The second-order valence-electron chi connectivity index (χ2n) is 9.91. The van der Waals surface area contributed by atoms with Gasteiger partial charge in [-0.1, -0.05) is 60.2 Å². The Kier molecular flexibility index (Phi) is 7.08. The first-order valence-corrected chi connectivity index (χ1v) is 10.5. The van der Waals surface area contributed by atoms with Crippen molar-refractivity contribution in [3.8, 4) is 0 Å². The van der Waals surface area contributed by atoms with E-state index >= 15 is 0 Å². The molecule has 4 atom stereocenters. The summed E-state index contributed by atoms with van der Waals surface area (Å²) < 4.78 is 0. The summed E-state index contributed by atoms with van der Waals surface area (Å²) in [5.41, 5.74) is 0.693. The molecule has 1 N–H and O–H groups in total. The van der Waals surface area contributed by atoms with Gasteiger partial charge >= 0.3 is 0 Å². The monoisotopic (exact) mass is 340 g/mol. The Bertz CT molecular complexity index is 401. The Hall–Kier alpha value is -0.180. The summed E-state index contributed by atoms with van der Waals surface area (Å²) in [4.78, 5) is 5.21. The summed E-state index contributed by atoms with van der Waals surface area (Å²) in [7, 11) is 0. The van der Waals surface area contributed by atoms with Gasteiger partial charge in [0, 0.05) is 6.04 Å². The minimum Gasteiger partial charge on any atom is -0.363 e. The first-order valence-electron chi connectivity index (χ1n) is 9.24. The maximum atomic E-state index is 5.21. The second-order valence-corrected chi connectivity index (χ2v) is 10.7. The number of thioether (sulfide) groups is 1. The highest BCUT2D eigenvalue weighted by atomic mass is 32.2. The summed E-state index contributed by atoms with van der Waals surface area (Å²) in [5, 5.41) is 4.64. The molecule has 1 fully saturated rings. The molecule has 0 saturated heterocycles. The van der Waals surface area contributed by atoms with Gasteiger partial charge in [0.05, 0.1) is 6.04 Å². The average molecular weight is 341 g/mol. The topological polar surface area (TPSA) is 24.4 Å². The summed E-state index contributed by atoms with van der Waals surface area (Å²) in [5.74, 6) is 2.09. The fourth-order valence-electron chi connectivity index (χ4n) is 3.85. The fraction of sp³-hybridized carbons (Fsp3) is 0.950. The molecule has 23 heavy (non-hydrogen) atoms. The minimum absolute atomic E-state index is 0.299. The third-order valence-electron chi connectivity index (χ3n) is 5.40. The molecule has 1 aliphatic carbocycles. The van der Waals surface area contributed by atoms with Gasteiger partial charge in [-0.3, -0.25) is 4.99 Å². The van der Waals surface area contributed by atoms with Crippen LogP contribution in [-0.2, 0) is 0 Å². The first-order chi connectivity index (χ1) is 10.4. The van der Waals surface area contributed by atoms with E-state index in [9.17, 15) is 0 Å². The number of hydrogen-bond acceptors (Lipinski definition) is 2. The Morgan fingerprint density at radius 2 is 1.61 bits per heavy atom. The van der Waals surface area contributed by atoms with Gasteiger partial charge in [0.2, 0.25) is 0 Å². The van der Waals surface area contributed by atoms with Crippen LogP contribution < -0.4 is 5.32 Å². The molecule has 0 aromatic rings. The highest BCUT2D eigenvalue weighted by molar-refractivity contribution is 8.13. The van der Waals surface area contributed by atoms with Gasteiger partial charge < -0.3 is 5.32 Å². The lowest BCUT2D eigenvalue weighted by Crippen LogP contribution is -2.45. The van der Waals surface area contributed by atoms with E-state index in [4.69, 9.17) is 4.99 Å². The van der Waals surface area contributed by atoms with Gasteiger partial charge in [0.15, 0.2) is 5.17 Å². The summed E-state index contributed by atoms with van der Waals surface area (Å²) in [6.45, 7) is 21.2. The normalized spacial score (nSPS) is 30.7. The molecule has 4 unspecified atom stereocenters. The molecule has 1 rings (SSSR count). The van der Waals surface area contributed by atoms with Crippen LogP contribution in [-0.4, -0.2) is 23.5 Å². The molecule has 0 bridgehead atoms. The largest absolute Gasteiger partial charge is 0.363 e. The molecule has 0 amide bonds. The molecule has 0 heterocycles. The van der Waals surface area contributed by atoms with Gasteiger partial charge in [-0.25, -0.2) is 0 Å². The maximum absolute atomic E-state index is 5.21. The van der Waals surface area contributed by atoms with Gasteiger partial charge in [0.25, 0.3) is 0 Å². The number of amidine groups is 1. The van der Waals surface area contributed by atoms with Crippen molar-refractivity contribution in [2.45, 2.75) is 87.2 Å². The molecule has 1 saturated carbocycles. The predicted molar refractivity (Wildman–Crippen MR) is 107 cm³/mol. The van der Waals surface area contributed by atoms with Crippen molar-refractivity contribution in [1.29, 1.82) is 0 Å². The van der Waals surface area contributed by atoms with E-state index in [0.29, 0.717) is 34.7 Å². The fourth-order valence-corrected chi connectivity index (χ4v) is 4.43. The molecule has 3 heteroatoms. The van der Waals surface area contributed by atoms with Crippen LogP contribution in [0.2, 0.25) is 0 Å². The van der Waals surface area contributed by atoms with Crippen LogP contribution in [0.4, 0.5) is 0 Å². The SMILES string of the molecule is CSC(=NC1C(C)CC(C(C)(C)C)CC1C(C)(C)C)NC(C)C. The first kappa shape index (κ1) is 20.9.